The normalized spacial score (nSPS) is 12.2. The summed E-state index contributed by atoms with van der Waals surface area (Å²) >= 11 is 0. The van der Waals surface area contributed by atoms with Gasteiger partial charge in [-0.25, -0.2) is 0 Å². The van der Waals surface area contributed by atoms with Gasteiger partial charge in [0.15, 0.2) is 0 Å². The van der Waals surface area contributed by atoms with Gasteiger partial charge in [-0.15, -0.1) is 0 Å². The van der Waals surface area contributed by atoms with Crippen molar-refractivity contribution < 1.29 is 18.7 Å². The lowest BCUT2D eigenvalue weighted by Crippen LogP contribution is -2.26. The molecule has 0 fully saturated rings. The van der Waals surface area contributed by atoms with Crippen LogP contribution in [0.15, 0.2) is 34.7 Å². The number of nitrogens with one attached hydrogen (secondary N) is 2. The number of rotatable bonds is 5. The van der Waals surface area contributed by atoms with E-state index >= 15 is 0 Å². The topological polar surface area (TPSA) is 76.5 Å². The molecule has 0 unspecified atom stereocenters. The average molecular weight is 328 g/mol. The Balaban J connectivity index is 1.87. The Morgan fingerprint density at radius 3 is 2.62 bits per heavy atom. The number of hydrogen-bond acceptors (Lipinski definition) is 4. The van der Waals surface area contributed by atoms with E-state index in [0.717, 1.165) is 22.4 Å². The molecule has 3 aromatic rings. The van der Waals surface area contributed by atoms with E-state index in [0.29, 0.717) is 17.2 Å². The molecule has 0 aliphatic heterocycles. The standard InChI is InChI=1S/C18H20N2O4/c1-10-5-6-15(24-10)11(2)19-18(21)14-8-12-7-13(22-3)9-16(23-4)17(12)20-14/h5-9,11,20H,1-4H3,(H,19,21)/t11-/m1/s1. The summed E-state index contributed by atoms with van der Waals surface area (Å²) < 4.78 is 16.2. The first-order chi connectivity index (χ1) is 11.5. The first-order valence-electron chi connectivity index (χ1n) is 7.63. The number of amides is 1. The second-order valence-electron chi connectivity index (χ2n) is 5.62. The zero-order valence-corrected chi connectivity index (χ0v) is 14.1. The Morgan fingerprint density at radius 1 is 1.21 bits per heavy atom. The largest absolute Gasteiger partial charge is 0.497 e. The van der Waals surface area contributed by atoms with Crippen molar-refractivity contribution >= 4 is 16.8 Å². The fraction of sp³-hybridized carbons (Fsp3) is 0.278. The highest BCUT2D eigenvalue weighted by Gasteiger charge is 2.17. The molecular weight excluding hydrogens is 308 g/mol. The van der Waals surface area contributed by atoms with Gasteiger partial charge in [-0.05, 0) is 38.1 Å². The molecule has 0 saturated heterocycles. The van der Waals surface area contributed by atoms with Crippen LogP contribution < -0.4 is 14.8 Å². The number of carbonyl (C=O) groups is 1. The minimum atomic E-state index is -0.228. The van der Waals surface area contributed by atoms with E-state index in [9.17, 15) is 4.79 Å². The maximum Gasteiger partial charge on any atom is 0.268 e. The molecule has 126 valence electrons. The van der Waals surface area contributed by atoms with Gasteiger partial charge in [-0.3, -0.25) is 4.79 Å². The van der Waals surface area contributed by atoms with Crippen LogP contribution in [0.3, 0.4) is 0 Å². The molecule has 0 spiro atoms. The number of benzene rings is 1. The molecular formula is C18H20N2O4. The van der Waals surface area contributed by atoms with Crippen LogP contribution in [0.25, 0.3) is 10.9 Å². The Kier molecular flexibility index (Phi) is 4.20. The molecule has 6 heteroatoms. The summed E-state index contributed by atoms with van der Waals surface area (Å²) in [5.74, 6) is 2.61. The molecule has 24 heavy (non-hydrogen) atoms. The van der Waals surface area contributed by atoms with Crippen LogP contribution >= 0.6 is 0 Å². The molecule has 2 aromatic heterocycles. The second kappa shape index (κ2) is 6.31. The van der Waals surface area contributed by atoms with Crippen molar-refractivity contribution in [2.45, 2.75) is 19.9 Å². The molecule has 1 atom stereocenters. The van der Waals surface area contributed by atoms with Gasteiger partial charge in [0.2, 0.25) is 0 Å². The van der Waals surface area contributed by atoms with Crippen molar-refractivity contribution in [3.05, 3.63) is 47.5 Å². The SMILES string of the molecule is COc1cc(OC)c2[nH]c(C(=O)N[C@H](C)c3ccc(C)o3)cc2c1. The van der Waals surface area contributed by atoms with Crippen molar-refractivity contribution in [3.63, 3.8) is 0 Å². The molecule has 0 aliphatic rings. The molecule has 2 N–H and O–H groups in total. The van der Waals surface area contributed by atoms with E-state index in [1.807, 2.05) is 32.0 Å². The predicted molar refractivity (Wildman–Crippen MR) is 90.7 cm³/mol. The first-order valence-corrected chi connectivity index (χ1v) is 7.63. The Labute approximate surface area is 139 Å². The number of aromatic amines is 1. The zero-order chi connectivity index (χ0) is 17.3. The van der Waals surface area contributed by atoms with E-state index < -0.39 is 0 Å². The number of aromatic nitrogens is 1. The van der Waals surface area contributed by atoms with Gasteiger partial charge >= 0.3 is 0 Å². The monoisotopic (exact) mass is 328 g/mol. The van der Waals surface area contributed by atoms with E-state index in [1.54, 1.807) is 26.4 Å². The van der Waals surface area contributed by atoms with Gasteiger partial charge in [-0.2, -0.15) is 0 Å². The Morgan fingerprint density at radius 2 is 2.00 bits per heavy atom. The van der Waals surface area contributed by atoms with Gasteiger partial charge in [0.25, 0.3) is 5.91 Å². The number of furan rings is 1. The van der Waals surface area contributed by atoms with Crippen LogP contribution in [-0.4, -0.2) is 25.1 Å². The molecule has 3 rings (SSSR count). The van der Waals surface area contributed by atoms with Gasteiger partial charge < -0.3 is 24.2 Å². The number of aryl methyl sites for hydroxylation is 1. The minimum Gasteiger partial charge on any atom is -0.497 e. The third-order valence-electron chi connectivity index (χ3n) is 3.90. The van der Waals surface area contributed by atoms with Crippen LogP contribution in [0, 0.1) is 6.92 Å². The summed E-state index contributed by atoms with van der Waals surface area (Å²) in [6, 6.07) is 8.90. The summed E-state index contributed by atoms with van der Waals surface area (Å²) in [5.41, 5.74) is 1.21. The highest BCUT2D eigenvalue weighted by atomic mass is 16.5. The van der Waals surface area contributed by atoms with Gasteiger partial charge in [0.1, 0.15) is 28.7 Å². The fourth-order valence-electron chi connectivity index (χ4n) is 2.62. The molecule has 1 aromatic carbocycles. The van der Waals surface area contributed by atoms with Gasteiger partial charge in [0.05, 0.1) is 25.8 Å². The number of hydrogen-bond donors (Lipinski definition) is 2. The fourth-order valence-corrected chi connectivity index (χ4v) is 2.62. The quantitative estimate of drug-likeness (QED) is 0.750. The molecule has 0 radical (unpaired) electrons. The molecule has 0 aliphatic carbocycles. The van der Waals surface area contributed by atoms with E-state index in [2.05, 4.69) is 10.3 Å². The number of H-pyrrole nitrogens is 1. The first kappa shape index (κ1) is 16.0. The predicted octanol–water partition coefficient (Wildman–Crippen LogP) is 3.58. The molecule has 2 heterocycles. The molecule has 0 saturated carbocycles. The number of ether oxygens (including phenoxy) is 2. The van der Waals surface area contributed by atoms with Crippen LogP contribution in [0.1, 0.15) is 35.0 Å². The summed E-state index contributed by atoms with van der Waals surface area (Å²) in [5, 5.41) is 3.76. The van der Waals surface area contributed by atoms with E-state index in [4.69, 9.17) is 13.9 Å². The van der Waals surface area contributed by atoms with Crippen molar-refractivity contribution in [1.82, 2.24) is 10.3 Å². The second-order valence-corrected chi connectivity index (χ2v) is 5.62. The highest BCUT2D eigenvalue weighted by molar-refractivity contribution is 6.00. The maximum atomic E-state index is 12.5. The number of fused-ring (bicyclic) bond motifs is 1. The van der Waals surface area contributed by atoms with Crippen molar-refractivity contribution in [2.75, 3.05) is 14.2 Å². The smallest absolute Gasteiger partial charge is 0.268 e. The van der Waals surface area contributed by atoms with Crippen molar-refractivity contribution in [1.29, 1.82) is 0 Å². The molecule has 6 nitrogen and oxygen atoms in total. The lowest BCUT2D eigenvalue weighted by atomic mass is 10.2. The number of carbonyl (C=O) groups excluding carboxylic acids is 1. The lowest BCUT2D eigenvalue weighted by Gasteiger charge is -2.10. The summed E-state index contributed by atoms with van der Waals surface area (Å²) in [7, 11) is 3.17. The van der Waals surface area contributed by atoms with Crippen molar-refractivity contribution in [2.24, 2.45) is 0 Å². The van der Waals surface area contributed by atoms with Gasteiger partial charge in [-0.1, -0.05) is 0 Å². The van der Waals surface area contributed by atoms with E-state index in [1.165, 1.54) is 0 Å². The lowest BCUT2D eigenvalue weighted by molar-refractivity contribution is 0.0931. The van der Waals surface area contributed by atoms with Crippen LogP contribution in [-0.2, 0) is 0 Å². The van der Waals surface area contributed by atoms with Gasteiger partial charge in [0, 0.05) is 11.5 Å². The van der Waals surface area contributed by atoms with Crippen LogP contribution in [0.5, 0.6) is 11.5 Å². The highest BCUT2D eigenvalue weighted by Crippen LogP contribution is 2.31. The average Bonchev–Trinajstić information content (AvgIpc) is 3.19. The summed E-state index contributed by atoms with van der Waals surface area (Å²) in [6.07, 6.45) is 0. The third kappa shape index (κ3) is 2.95. The van der Waals surface area contributed by atoms with E-state index in [-0.39, 0.29) is 11.9 Å². The third-order valence-corrected chi connectivity index (χ3v) is 3.90. The number of methoxy groups -OCH3 is 2. The van der Waals surface area contributed by atoms with Crippen molar-refractivity contribution in [3.8, 4) is 11.5 Å². The summed E-state index contributed by atoms with van der Waals surface area (Å²) in [4.78, 5) is 15.6. The molecule has 0 bridgehead atoms. The van der Waals surface area contributed by atoms with Crippen LogP contribution in [0.2, 0.25) is 0 Å². The minimum absolute atomic E-state index is 0.214. The maximum absolute atomic E-state index is 12.5. The Bertz CT molecular complexity index is 878. The summed E-state index contributed by atoms with van der Waals surface area (Å²) in [6.45, 7) is 3.75. The van der Waals surface area contributed by atoms with Crippen LogP contribution in [0.4, 0.5) is 0 Å². The Hall–Kier alpha value is -2.89. The zero-order valence-electron chi connectivity index (χ0n) is 14.1. The molecule has 1 amide bonds.